The predicted octanol–water partition coefficient (Wildman–Crippen LogP) is 7.80. The maximum Gasteiger partial charge on any atom is 0.119 e. The first-order valence-corrected chi connectivity index (χ1v) is 11.0. The third kappa shape index (κ3) is 5.91. The normalized spacial score (nSPS) is 11.2. The molecule has 3 aromatic carbocycles. The summed E-state index contributed by atoms with van der Waals surface area (Å²) in [5.41, 5.74) is 4.68. The molecule has 0 spiro atoms. The number of hydrogen-bond donors (Lipinski definition) is 1. The van der Waals surface area contributed by atoms with Crippen molar-refractivity contribution in [3.05, 3.63) is 120 Å². The maximum absolute atomic E-state index is 9.57. The van der Waals surface area contributed by atoms with E-state index in [2.05, 4.69) is 77.3 Å². The van der Waals surface area contributed by atoms with E-state index in [0.29, 0.717) is 12.4 Å². The Hall–Kier alpha value is -3.26. The van der Waals surface area contributed by atoms with Crippen LogP contribution in [0.25, 0.3) is 0 Å². The highest BCUT2D eigenvalue weighted by Crippen LogP contribution is 2.36. The van der Waals surface area contributed by atoms with Gasteiger partial charge in [0.25, 0.3) is 0 Å². The highest BCUT2D eigenvalue weighted by Gasteiger charge is 2.26. The van der Waals surface area contributed by atoms with Crippen LogP contribution in [-0.2, 0) is 10.8 Å². The van der Waals surface area contributed by atoms with E-state index in [9.17, 15) is 5.11 Å². The Balaban J connectivity index is 0.00000114. The molecule has 0 unspecified atom stereocenters. The Labute approximate surface area is 193 Å². The molecule has 0 bridgehead atoms. The monoisotopic (exact) mass is 428 g/mol. The molecule has 0 amide bonds. The maximum atomic E-state index is 9.57. The van der Waals surface area contributed by atoms with Gasteiger partial charge in [-0.15, -0.1) is 6.58 Å². The van der Waals surface area contributed by atoms with Crippen LogP contribution in [0.2, 0.25) is 0 Å². The molecule has 2 heteroatoms. The van der Waals surface area contributed by atoms with Gasteiger partial charge in [-0.05, 0) is 53.4 Å². The summed E-state index contributed by atoms with van der Waals surface area (Å²) in [5.74, 6) is 1.15. The molecule has 0 heterocycles. The van der Waals surface area contributed by atoms with Crippen molar-refractivity contribution >= 4 is 0 Å². The minimum Gasteiger partial charge on any atom is -0.508 e. The van der Waals surface area contributed by atoms with Crippen molar-refractivity contribution in [3.63, 3.8) is 0 Å². The van der Waals surface area contributed by atoms with Crippen molar-refractivity contribution in [1.29, 1.82) is 0 Å². The summed E-state index contributed by atoms with van der Waals surface area (Å²) in [7, 11) is 0. The van der Waals surface area contributed by atoms with Crippen LogP contribution in [0.5, 0.6) is 11.5 Å². The van der Waals surface area contributed by atoms with Crippen LogP contribution in [0.1, 0.15) is 56.9 Å². The number of phenolic OH excluding ortho intramolecular Hbond substituents is 1. The number of allylic oxidation sites excluding steroid dienone is 1. The van der Waals surface area contributed by atoms with E-state index < -0.39 is 0 Å². The molecule has 0 aliphatic rings. The van der Waals surface area contributed by atoms with E-state index >= 15 is 0 Å². The van der Waals surface area contributed by atoms with E-state index in [-0.39, 0.29) is 10.8 Å². The number of rotatable bonds is 7. The summed E-state index contributed by atoms with van der Waals surface area (Å²) < 4.78 is 5.60. The predicted molar refractivity (Wildman–Crippen MR) is 137 cm³/mol. The second-order valence-corrected chi connectivity index (χ2v) is 8.91. The van der Waals surface area contributed by atoms with E-state index in [0.717, 1.165) is 5.75 Å². The quantitative estimate of drug-likeness (QED) is 0.389. The van der Waals surface area contributed by atoms with Gasteiger partial charge >= 0.3 is 0 Å². The highest BCUT2D eigenvalue weighted by atomic mass is 16.5. The van der Waals surface area contributed by atoms with Crippen molar-refractivity contribution in [2.24, 2.45) is 0 Å². The van der Waals surface area contributed by atoms with E-state index in [1.54, 1.807) is 24.3 Å². The lowest BCUT2D eigenvalue weighted by molar-refractivity contribution is 0.363. The van der Waals surface area contributed by atoms with Gasteiger partial charge in [-0.1, -0.05) is 95.0 Å². The number of hydrogen-bond acceptors (Lipinski definition) is 2. The minimum absolute atomic E-state index is 0.113. The molecular weight excluding hydrogens is 392 g/mol. The Bertz CT molecular complexity index is 992. The molecule has 0 aliphatic heterocycles. The Morgan fingerprint density at radius 1 is 0.688 bits per heavy atom. The van der Waals surface area contributed by atoms with Gasteiger partial charge in [-0.25, -0.2) is 0 Å². The number of aromatic hydroxyl groups is 1. The zero-order chi connectivity index (χ0) is 23.8. The molecule has 3 aromatic rings. The molecule has 32 heavy (non-hydrogen) atoms. The fourth-order valence-corrected chi connectivity index (χ4v) is 3.64. The summed E-state index contributed by atoms with van der Waals surface area (Å²) in [4.78, 5) is 0. The zero-order valence-corrected chi connectivity index (χ0v) is 20.1. The SMILES string of the molecule is C=CC.C=CCOc1ccc(C(C)(C)c2ccc(C(C)(C)c3ccc(O)cc3)cc2)cc1. The van der Waals surface area contributed by atoms with Crippen LogP contribution in [0, 0.1) is 0 Å². The molecule has 0 saturated carbocycles. The lowest BCUT2D eigenvalue weighted by Gasteiger charge is -2.29. The molecule has 0 atom stereocenters. The van der Waals surface area contributed by atoms with Gasteiger partial charge in [-0.2, -0.15) is 0 Å². The number of benzene rings is 3. The number of phenols is 1. The Morgan fingerprint density at radius 2 is 1.00 bits per heavy atom. The molecule has 2 nitrogen and oxygen atoms in total. The third-order valence-corrected chi connectivity index (χ3v) is 5.86. The molecule has 3 rings (SSSR count). The molecule has 168 valence electrons. The smallest absolute Gasteiger partial charge is 0.119 e. The van der Waals surface area contributed by atoms with Gasteiger partial charge in [0.15, 0.2) is 0 Å². The minimum atomic E-state index is -0.138. The average Bonchev–Trinajstić information content (AvgIpc) is 2.79. The topological polar surface area (TPSA) is 29.5 Å². The fourth-order valence-electron chi connectivity index (χ4n) is 3.64. The van der Waals surface area contributed by atoms with Gasteiger partial charge in [0.1, 0.15) is 18.1 Å². The van der Waals surface area contributed by atoms with Crippen LogP contribution < -0.4 is 4.74 Å². The zero-order valence-electron chi connectivity index (χ0n) is 20.1. The van der Waals surface area contributed by atoms with E-state index in [1.807, 2.05) is 31.2 Å². The Kier molecular flexibility index (Phi) is 8.48. The van der Waals surface area contributed by atoms with Gasteiger partial charge < -0.3 is 9.84 Å². The van der Waals surface area contributed by atoms with Crippen LogP contribution >= 0.6 is 0 Å². The van der Waals surface area contributed by atoms with Crippen molar-refractivity contribution in [1.82, 2.24) is 0 Å². The lowest BCUT2D eigenvalue weighted by Crippen LogP contribution is -2.21. The molecule has 0 aromatic heterocycles. The van der Waals surface area contributed by atoms with Crippen molar-refractivity contribution in [2.75, 3.05) is 6.61 Å². The first kappa shape index (κ1) is 25.0. The number of ether oxygens (including phenoxy) is 1. The fraction of sp³-hybridized carbons (Fsp3) is 0.267. The molecule has 0 aliphatic carbocycles. The molecule has 0 fully saturated rings. The summed E-state index contributed by atoms with van der Waals surface area (Å²) in [5, 5.41) is 9.57. The van der Waals surface area contributed by atoms with E-state index in [1.165, 1.54) is 22.3 Å². The van der Waals surface area contributed by atoms with Gasteiger partial charge in [0.05, 0.1) is 0 Å². The first-order chi connectivity index (χ1) is 15.2. The van der Waals surface area contributed by atoms with Crippen molar-refractivity contribution < 1.29 is 9.84 Å². The summed E-state index contributed by atoms with van der Waals surface area (Å²) in [6.45, 7) is 18.4. The first-order valence-electron chi connectivity index (χ1n) is 11.0. The molecule has 0 saturated heterocycles. The van der Waals surface area contributed by atoms with Crippen LogP contribution in [0.3, 0.4) is 0 Å². The molecule has 0 radical (unpaired) electrons. The second-order valence-electron chi connectivity index (χ2n) is 8.91. The summed E-state index contributed by atoms with van der Waals surface area (Å²) >= 11 is 0. The van der Waals surface area contributed by atoms with Crippen molar-refractivity contribution in [3.8, 4) is 11.5 Å². The second kappa shape index (κ2) is 10.9. The summed E-state index contributed by atoms with van der Waals surface area (Å²) in [6.07, 6.45) is 3.50. The lowest BCUT2D eigenvalue weighted by atomic mass is 9.74. The molecule has 1 N–H and O–H groups in total. The van der Waals surface area contributed by atoms with Crippen LogP contribution in [-0.4, -0.2) is 11.7 Å². The van der Waals surface area contributed by atoms with Gasteiger partial charge in [-0.3, -0.25) is 0 Å². The van der Waals surface area contributed by atoms with Crippen molar-refractivity contribution in [2.45, 2.75) is 45.4 Å². The third-order valence-electron chi connectivity index (χ3n) is 5.86. The van der Waals surface area contributed by atoms with Gasteiger partial charge in [0.2, 0.25) is 0 Å². The largest absolute Gasteiger partial charge is 0.508 e. The van der Waals surface area contributed by atoms with Crippen LogP contribution in [0.15, 0.2) is 98.1 Å². The standard InChI is InChI=1S/C27H30O2.C3H6/c1-6-19-29-25-17-13-23(14-18-25)27(4,5)21-9-7-20(8-10-21)26(2,3)22-11-15-24(28)16-12-22;1-3-2/h6-18,28H,1,19H2,2-5H3;3H,1H2,2H3. The highest BCUT2D eigenvalue weighted by molar-refractivity contribution is 5.44. The van der Waals surface area contributed by atoms with Gasteiger partial charge in [0, 0.05) is 10.8 Å². The Morgan fingerprint density at radius 3 is 1.34 bits per heavy atom. The summed E-state index contributed by atoms with van der Waals surface area (Å²) in [6, 6.07) is 24.6. The average molecular weight is 429 g/mol. The molecular formula is C30H36O2. The van der Waals surface area contributed by atoms with E-state index in [4.69, 9.17) is 4.74 Å². The van der Waals surface area contributed by atoms with Crippen LogP contribution in [0.4, 0.5) is 0 Å².